The van der Waals surface area contributed by atoms with Crippen LogP contribution in [0.15, 0.2) is 0 Å². The SMILES string of the molecule is CCCCC(C)(CC)[SiH](OC)OC. The molecule has 2 nitrogen and oxygen atoms in total. The van der Waals surface area contributed by atoms with Crippen molar-refractivity contribution in [1.29, 1.82) is 0 Å². The Kier molecular flexibility index (Phi) is 6.64. The summed E-state index contributed by atoms with van der Waals surface area (Å²) in [4.78, 5) is 0. The summed E-state index contributed by atoms with van der Waals surface area (Å²) in [6.45, 7) is 6.76. The predicted octanol–water partition coefficient (Wildman–Crippen LogP) is 2.86. The van der Waals surface area contributed by atoms with Crippen LogP contribution in [0.3, 0.4) is 0 Å². The van der Waals surface area contributed by atoms with Gasteiger partial charge in [0.15, 0.2) is 0 Å². The van der Waals surface area contributed by atoms with Gasteiger partial charge in [-0.1, -0.05) is 33.6 Å². The summed E-state index contributed by atoms with van der Waals surface area (Å²) < 4.78 is 10.9. The van der Waals surface area contributed by atoms with Gasteiger partial charge >= 0.3 is 9.28 Å². The summed E-state index contributed by atoms with van der Waals surface area (Å²) >= 11 is 0. The molecule has 0 amide bonds. The monoisotopic (exact) mass is 204 g/mol. The molecule has 0 saturated heterocycles. The van der Waals surface area contributed by atoms with Crippen LogP contribution in [-0.4, -0.2) is 23.5 Å². The van der Waals surface area contributed by atoms with Gasteiger partial charge in [-0.3, -0.25) is 0 Å². The quantitative estimate of drug-likeness (QED) is 0.594. The van der Waals surface area contributed by atoms with Crippen molar-refractivity contribution in [3.63, 3.8) is 0 Å². The minimum atomic E-state index is -1.45. The zero-order chi connectivity index (χ0) is 10.3. The largest absolute Gasteiger partial charge is 0.400 e. The number of hydrogen-bond donors (Lipinski definition) is 0. The molecular weight excluding hydrogens is 180 g/mol. The third-order valence-electron chi connectivity index (χ3n) is 2.91. The van der Waals surface area contributed by atoms with Crippen molar-refractivity contribution in [2.45, 2.75) is 51.5 Å². The average Bonchev–Trinajstić information content (AvgIpc) is 2.16. The highest BCUT2D eigenvalue weighted by Crippen LogP contribution is 2.39. The lowest BCUT2D eigenvalue weighted by Crippen LogP contribution is -2.34. The van der Waals surface area contributed by atoms with Crippen LogP contribution in [-0.2, 0) is 8.85 Å². The highest BCUT2D eigenvalue weighted by molar-refractivity contribution is 6.48. The lowest BCUT2D eigenvalue weighted by atomic mass is 10.0. The molecule has 80 valence electrons. The maximum Gasteiger partial charge on any atom is 0.327 e. The molecule has 0 radical (unpaired) electrons. The molecule has 0 spiro atoms. The minimum absolute atomic E-state index is 0.305. The Bertz CT molecular complexity index is 126. The van der Waals surface area contributed by atoms with Crippen molar-refractivity contribution in [2.24, 2.45) is 0 Å². The zero-order valence-corrected chi connectivity index (χ0v) is 10.9. The van der Waals surface area contributed by atoms with E-state index < -0.39 is 9.28 Å². The van der Waals surface area contributed by atoms with Crippen LogP contribution in [0, 0.1) is 0 Å². The molecule has 0 aromatic heterocycles. The number of rotatable bonds is 7. The Morgan fingerprint density at radius 2 is 1.69 bits per heavy atom. The molecule has 0 aromatic rings. The fourth-order valence-electron chi connectivity index (χ4n) is 1.71. The minimum Gasteiger partial charge on any atom is -0.400 e. The second-order valence-corrected chi connectivity index (χ2v) is 6.91. The summed E-state index contributed by atoms with van der Waals surface area (Å²) in [5.41, 5.74) is 0. The zero-order valence-electron chi connectivity index (χ0n) is 9.72. The van der Waals surface area contributed by atoms with Gasteiger partial charge in [-0.2, -0.15) is 0 Å². The summed E-state index contributed by atoms with van der Waals surface area (Å²) in [7, 11) is 2.10. The van der Waals surface area contributed by atoms with Crippen molar-refractivity contribution >= 4 is 9.28 Å². The van der Waals surface area contributed by atoms with E-state index in [-0.39, 0.29) is 0 Å². The topological polar surface area (TPSA) is 18.5 Å². The van der Waals surface area contributed by atoms with Crippen LogP contribution in [0.5, 0.6) is 0 Å². The first-order valence-corrected chi connectivity index (χ1v) is 6.72. The summed E-state index contributed by atoms with van der Waals surface area (Å²) in [5, 5.41) is 0.305. The van der Waals surface area contributed by atoms with Crippen LogP contribution in [0.4, 0.5) is 0 Å². The molecule has 0 aliphatic heterocycles. The first-order valence-electron chi connectivity index (χ1n) is 5.20. The van der Waals surface area contributed by atoms with Crippen LogP contribution < -0.4 is 0 Å². The van der Waals surface area contributed by atoms with Crippen LogP contribution in [0.1, 0.15) is 46.5 Å². The van der Waals surface area contributed by atoms with Crippen LogP contribution >= 0.6 is 0 Å². The van der Waals surface area contributed by atoms with E-state index in [1.807, 2.05) is 0 Å². The second kappa shape index (κ2) is 6.57. The van der Waals surface area contributed by atoms with Crippen molar-refractivity contribution in [3.05, 3.63) is 0 Å². The average molecular weight is 204 g/mol. The van der Waals surface area contributed by atoms with E-state index >= 15 is 0 Å². The molecule has 13 heavy (non-hydrogen) atoms. The maximum absolute atomic E-state index is 5.47. The Hall–Kier alpha value is 0.137. The highest BCUT2D eigenvalue weighted by Gasteiger charge is 2.35. The Balaban J connectivity index is 4.21. The molecule has 0 N–H and O–H groups in total. The first-order chi connectivity index (χ1) is 6.14. The van der Waals surface area contributed by atoms with Gasteiger partial charge in [0.1, 0.15) is 0 Å². The van der Waals surface area contributed by atoms with Gasteiger partial charge in [0.25, 0.3) is 0 Å². The predicted molar refractivity (Wildman–Crippen MR) is 59.4 cm³/mol. The van der Waals surface area contributed by atoms with Crippen LogP contribution in [0.25, 0.3) is 0 Å². The third kappa shape index (κ3) is 3.79. The van der Waals surface area contributed by atoms with Gasteiger partial charge in [0, 0.05) is 19.3 Å². The lowest BCUT2D eigenvalue weighted by molar-refractivity contribution is 0.233. The van der Waals surface area contributed by atoms with Crippen molar-refractivity contribution in [2.75, 3.05) is 14.2 Å². The summed E-state index contributed by atoms with van der Waals surface area (Å²) in [6.07, 6.45) is 4.93. The Morgan fingerprint density at radius 1 is 1.15 bits per heavy atom. The van der Waals surface area contributed by atoms with Gasteiger partial charge in [-0.15, -0.1) is 0 Å². The Morgan fingerprint density at radius 3 is 2.00 bits per heavy atom. The number of unbranched alkanes of at least 4 members (excludes halogenated alkanes) is 1. The van der Waals surface area contributed by atoms with Gasteiger partial charge in [-0.25, -0.2) is 0 Å². The lowest BCUT2D eigenvalue weighted by Gasteiger charge is -2.32. The molecule has 0 heterocycles. The van der Waals surface area contributed by atoms with Crippen molar-refractivity contribution < 1.29 is 8.85 Å². The molecule has 0 rings (SSSR count). The van der Waals surface area contributed by atoms with Gasteiger partial charge in [0.05, 0.1) is 0 Å². The molecule has 0 bridgehead atoms. The standard InChI is InChI=1S/C10H24O2Si/c1-6-8-9-10(3,7-2)13(11-4)12-5/h13H,6-9H2,1-5H3. The highest BCUT2D eigenvalue weighted by atomic mass is 28.3. The normalized spacial score (nSPS) is 16.2. The van der Waals surface area contributed by atoms with Crippen molar-refractivity contribution in [1.82, 2.24) is 0 Å². The van der Waals surface area contributed by atoms with Crippen LogP contribution in [0.2, 0.25) is 5.04 Å². The first kappa shape index (κ1) is 13.1. The molecule has 0 aliphatic carbocycles. The number of hydrogen-bond acceptors (Lipinski definition) is 2. The molecular formula is C10H24O2Si. The molecule has 0 aliphatic rings. The van der Waals surface area contributed by atoms with E-state index in [0.29, 0.717) is 5.04 Å². The molecule has 3 heteroatoms. The Labute approximate surface area is 84.5 Å². The van der Waals surface area contributed by atoms with E-state index in [2.05, 4.69) is 20.8 Å². The molecule has 1 unspecified atom stereocenters. The fourth-order valence-corrected chi connectivity index (χ4v) is 3.81. The molecule has 1 atom stereocenters. The molecule has 0 saturated carbocycles. The smallest absolute Gasteiger partial charge is 0.327 e. The summed E-state index contributed by atoms with van der Waals surface area (Å²) in [6, 6.07) is 0. The molecule has 0 aromatic carbocycles. The second-order valence-electron chi connectivity index (χ2n) is 3.91. The van der Waals surface area contributed by atoms with E-state index in [0.717, 1.165) is 6.42 Å². The van der Waals surface area contributed by atoms with Crippen molar-refractivity contribution in [3.8, 4) is 0 Å². The van der Waals surface area contributed by atoms with E-state index in [1.165, 1.54) is 19.3 Å². The van der Waals surface area contributed by atoms with Gasteiger partial charge in [-0.05, 0) is 12.8 Å². The summed E-state index contributed by atoms with van der Waals surface area (Å²) in [5.74, 6) is 0. The maximum atomic E-state index is 5.47. The fraction of sp³-hybridized carbons (Fsp3) is 1.00. The van der Waals surface area contributed by atoms with E-state index in [4.69, 9.17) is 8.85 Å². The van der Waals surface area contributed by atoms with Gasteiger partial charge in [0.2, 0.25) is 0 Å². The van der Waals surface area contributed by atoms with E-state index in [9.17, 15) is 0 Å². The molecule has 0 fully saturated rings. The van der Waals surface area contributed by atoms with Gasteiger partial charge < -0.3 is 8.85 Å². The third-order valence-corrected chi connectivity index (χ3v) is 5.60. The van der Waals surface area contributed by atoms with E-state index in [1.54, 1.807) is 14.2 Å².